The van der Waals surface area contributed by atoms with Gasteiger partial charge in [0.05, 0.1) is 47.6 Å². The molecule has 0 aliphatic heterocycles. The lowest BCUT2D eigenvalue weighted by Gasteiger charge is -2.12. The van der Waals surface area contributed by atoms with E-state index in [1.807, 2.05) is 12.1 Å². The largest absolute Gasteiger partial charge is 0.490 e. The first kappa shape index (κ1) is 22.0. The maximum Gasteiger partial charge on any atom is 0.177 e. The number of rotatable bonds is 4. The standard InChI is InChI=1S/C26H16N4O4/c1-3-31-23-7-15(11-27)5-19-20-6-16(12-28)8-24(32-4-2)26(20)34-22-10-18(14-30)17(13-29)9-21(22)33-25(19)23/h5-10H,3-4H2,1-2H3. The third kappa shape index (κ3) is 3.78. The van der Waals surface area contributed by atoms with Gasteiger partial charge in [0.15, 0.2) is 33.8 Å². The summed E-state index contributed by atoms with van der Waals surface area (Å²) >= 11 is 0. The fourth-order valence-electron chi connectivity index (χ4n) is 3.59. The number of benzene rings is 3. The number of hydrogen-bond acceptors (Lipinski definition) is 8. The third-order valence-electron chi connectivity index (χ3n) is 5.01. The normalized spacial score (nSPS) is 10.2. The maximum atomic E-state index is 9.61. The van der Waals surface area contributed by atoms with Crippen LogP contribution in [0.15, 0.2) is 45.2 Å². The summed E-state index contributed by atoms with van der Waals surface area (Å²) in [4.78, 5) is 0. The Morgan fingerprint density at radius 3 is 1.35 bits per heavy atom. The van der Waals surface area contributed by atoms with Gasteiger partial charge in [0.25, 0.3) is 0 Å². The fourth-order valence-corrected chi connectivity index (χ4v) is 3.59. The molecule has 0 fully saturated rings. The summed E-state index contributed by atoms with van der Waals surface area (Å²) in [6.45, 7) is 4.21. The molecule has 8 heteroatoms. The molecule has 0 N–H and O–H groups in total. The molecule has 0 saturated heterocycles. The van der Waals surface area contributed by atoms with Crippen LogP contribution in [0.3, 0.4) is 0 Å². The van der Waals surface area contributed by atoms with E-state index >= 15 is 0 Å². The van der Waals surface area contributed by atoms with E-state index in [1.54, 1.807) is 38.1 Å². The molecule has 0 unspecified atom stereocenters. The van der Waals surface area contributed by atoms with Crippen molar-refractivity contribution in [1.29, 1.82) is 21.0 Å². The van der Waals surface area contributed by atoms with E-state index in [1.165, 1.54) is 12.1 Å². The van der Waals surface area contributed by atoms with Gasteiger partial charge in [-0.3, -0.25) is 0 Å². The Morgan fingerprint density at radius 2 is 1.03 bits per heavy atom. The summed E-state index contributed by atoms with van der Waals surface area (Å²) in [7, 11) is 0. The van der Waals surface area contributed by atoms with Crippen molar-refractivity contribution in [2.75, 3.05) is 13.2 Å². The van der Waals surface area contributed by atoms with Crippen molar-refractivity contribution in [1.82, 2.24) is 0 Å². The zero-order chi connectivity index (χ0) is 24.2. The highest BCUT2D eigenvalue weighted by atomic mass is 16.5. The van der Waals surface area contributed by atoms with Gasteiger partial charge in [-0.2, -0.15) is 21.0 Å². The second kappa shape index (κ2) is 9.13. The van der Waals surface area contributed by atoms with Gasteiger partial charge in [-0.15, -0.1) is 0 Å². The van der Waals surface area contributed by atoms with Crippen LogP contribution in [0, 0.1) is 45.3 Å². The van der Waals surface area contributed by atoms with Crippen molar-refractivity contribution in [3.63, 3.8) is 0 Å². The van der Waals surface area contributed by atoms with Crippen LogP contribution in [0.2, 0.25) is 0 Å². The summed E-state index contributed by atoms with van der Waals surface area (Å²) in [6.07, 6.45) is 0. The second-order valence-electron chi connectivity index (χ2n) is 7.06. The van der Waals surface area contributed by atoms with E-state index in [-0.39, 0.29) is 33.5 Å². The van der Waals surface area contributed by atoms with Crippen LogP contribution >= 0.6 is 0 Å². The van der Waals surface area contributed by atoms with Crippen LogP contribution in [0.25, 0.3) is 33.1 Å². The molecular formula is C26H16N4O4. The van der Waals surface area contributed by atoms with Crippen LogP contribution in [-0.4, -0.2) is 13.2 Å². The third-order valence-corrected chi connectivity index (χ3v) is 5.01. The van der Waals surface area contributed by atoms with Gasteiger partial charge in [-0.05, 0) is 26.0 Å². The lowest BCUT2D eigenvalue weighted by atomic mass is 10.0. The van der Waals surface area contributed by atoms with Gasteiger partial charge < -0.3 is 18.3 Å². The molecule has 0 atom stereocenters. The average molecular weight is 448 g/mol. The molecule has 0 saturated carbocycles. The Bertz CT molecular complexity index is 1560. The Labute approximate surface area is 194 Å². The van der Waals surface area contributed by atoms with Crippen LogP contribution in [-0.2, 0) is 0 Å². The summed E-state index contributed by atoms with van der Waals surface area (Å²) in [6, 6.07) is 17.4. The van der Waals surface area contributed by atoms with Crippen LogP contribution in [0.1, 0.15) is 36.1 Å². The molecule has 1 heterocycles. The molecule has 0 spiro atoms. The van der Waals surface area contributed by atoms with Gasteiger partial charge >= 0.3 is 0 Å². The van der Waals surface area contributed by atoms with Crippen LogP contribution in [0.5, 0.6) is 11.5 Å². The molecule has 4 aromatic rings. The molecule has 0 radical (unpaired) electrons. The summed E-state index contributed by atoms with van der Waals surface area (Å²) < 4.78 is 23.9. The van der Waals surface area contributed by atoms with E-state index in [4.69, 9.17) is 18.3 Å². The smallest absolute Gasteiger partial charge is 0.177 e. The topological polar surface area (TPSA) is 140 Å². The van der Waals surface area contributed by atoms with Crippen molar-refractivity contribution < 1.29 is 18.3 Å². The van der Waals surface area contributed by atoms with Crippen LogP contribution < -0.4 is 9.47 Å². The monoisotopic (exact) mass is 448 g/mol. The van der Waals surface area contributed by atoms with E-state index in [0.717, 1.165) is 0 Å². The van der Waals surface area contributed by atoms with Crippen molar-refractivity contribution >= 4 is 33.1 Å². The first-order chi connectivity index (χ1) is 16.6. The van der Waals surface area contributed by atoms with Gasteiger partial charge in [0.1, 0.15) is 12.1 Å². The van der Waals surface area contributed by atoms with Crippen molar-refractivity contribution in [3.8, 4) is 35.8 Å². The number of fused-ring (bicyclic) bond motifs is 4. The fraction of sp³-hybridized carbons (Fsp3) is 0.154. The molecule has 3 aromatic carbocycles. The predicted molar refractivity (Wildman–Crippen MR) is 122 cm³/mol. The van der Waals surface area contributed by atoms with Crippen LogP contribution in [0.4, 0.5) is 0 Å². The van der Waals surface area contributed by atoms with E-state index < -0.39 is 0 Å². The van der Waals surface area contributed by atoms with Crippen molar-refractivity contribution in [3.05, 3.63) is 58.7 Å². The molecule has 0 bridgehead atoms. The highest BCUT2D eigenvalue weighted by Gasteiger charge is 2.17. The molecule has 0 aliphatic carbocycles. The summed E-state index contributed by atoms with van der Waals surface area (Å²) in [5, 5.41) is 39.1. The van der Waals surface area contributed by atoms with Gasteiger partial charge in [0, 0.05) is 35.0 Å². The number of ether oxygens (including phenoxy) is 2. The Kier molecular flexibility index (Phi) is 5.91. The SMILES string of the molecule is CCOc1cc(C#N)cc2c1oc1cc(C#N)c(C#N)cc1oc1c(OCC)cc(C#N)cc12. The van der Waals surface area contributed by atoms with Crippen molar-refractivity contribution in [2.24, 2.45) is 0 Å². The van der Waals surface area contributed by atoms with Gasteiger partial charge in [-0.25, -0.2) is 0 Å². The molecular weight excluding hydrogens is 432 g/mol. The molecule has 4 rings (SSSR count). The molecule has 164 valence electrons. The van der Waals surface area contributed by atoms with E-state index in [9.17, 15) is 21.0 Å². The lowest BCUT2D eigenvalue weighted by Crippen LogP contribution is -1.96. The quantitative estimate of drug-likeness (QED) is 0.385. The molecule has 34 heavy (non-hydrogen) atoms. The average Bonchev–Trinajstić information content (AvgIpc) is 2.85. The summed E-state index contributed by atoms with van der Waals surface area (Å²) in [5.74, 6) is 0.608. The highest BCUT2D eigenvalue weighted by molar-refractivity contribution is 6.07. The maximum absolute atomic E-state index is 9.61. The Hall–Kier alpha value is -5.18. The van der Waals surface area contributed by atoms with Crippen molar-refractivity contribution in [2.45, 2.75) is 13.8 Å². The Morgan fingerprint density at radius 1 is 0.618 bits per heavy atom. The molecule has 0 amide bonds. The van der Waals surface area contributed by atoms with E-state index in [0.29, 0.717) is 46.6 Å². The predicted octanol–water partition coefficient (Wildman–Crippen LogP) is 5.74. The minimum Gasteiger partial charge on any atom is -0.490 e. The highest BCUT2D eigenvalue weighted by Crippen LogP contribution is 2.38. The Balaban J connectivity index is 2.39. The molecule has 8 nitrogen and oxygen atoms in total. The first-order valence-electron chi connectivity index (χ1n) is 10.3. The number of nitrogens with zero attached hydrogens (tertiary/aromatic N) is 4. The van der Waals surface area contributed by atoms with E-state index in [2.05, 4.69) is 12.1 Å². The number of hydrogen-bond donors (Lipinski definition) is 0. The lowest BCUT2D eigenvalue weighted by molar-refractivity contribution is 0.338. The zero-order valence-corrected chi connectivity index (χ0v) is 18.3. The second-order valence-corrected chi connectivity index (χ2v) is 7.06. The van der Waals surface area contributed by atoms with Gasteiger partial charge in [-0.1, -0.05) is 0 Å². The van der Waals surface area contributed by atoms with Gasteiger partial charge in [0.2, 0.25) is 0 Å². The zero-order valence-electron chi connectivity index (χ0n) is 18.3. The minimum atomic E-state index is 0.115. The summed E-state index contributed by atoms with van der Waals surface area (Å²) in [5.41, 5.74) is 1.77. The first-order valence-corrected chi connectivity index (χ1v) is 10.3. The minimum absolute atomic E-state index is 0.115. The molecule has 1 aromatic heterocycles. The number of nitriles is 4. The molecule has 0 aliphatic rings.